The maximum Gasteiger partial charge on any atom is 0.174 e. The van der Waals surface area contributed by atoms with E-state index in [-0.39, 0.29) is 5.41 Å². The molecule has 0 bridgehead atoms. The molecule has 4 rings (SSSR count). The van der Waals surface area contributed by atoms with Crippen LogP contribution in [0, 0.1) is 0 Å². The van der Waals surface area contributed by atoms with Gasteiger partial charge in [-0.2, -0.15) is 0 Å². The fraction of sp³-hybridized carbons (Fsp3) is 0.235. The molecule has 1 nitrogen and oxygen atoms in total. The second-order valence-electron chi connectivity index (χ2n) is 5.40. The monoisotopic (exact) mass is 234 g/mol. The van der Waals surface area contributed by atoms with Crippen molar-refractivity contribution in [2.24, 2.45) is 0 Å². The summed E-state index contributed by atoms with van der Waals surface area (Å²) in [4.78, 5) is 12.8. The lowest BCUT2D eigenvalue weighted by molar-refractivity contribution is 0.0903. The zero-order valence-electron chi connectivity index (χ0n) is 10.1. The number of Topliss-reactive ketones (excluding diaryl/α,β-unsaturated/α-hetero) is 1. The number of rotatable bonds is 0. The number of ketones is 1. The number of fused-ring (bicyclic) bond motifs is 3. The third-order valence-corrected chi connectivity index (χ3v) is 4.54. The molecule has 2 aliphatic carbocycles. The smallest absolute Gasteiger partial charge is 0.174 e. The van der Waals surface area contributed by atoms with E-state index in [0.29, 0.717) is 5.78 Å². The summed E-state index contributed by atoms with van der Waals surface area (Å²) in [6.07, 6.45) is 2.90. The number of aryl methyl sites for hydroxylation is 1. The average molecular weight is 234 g/mol. The Bertz CT molecular complexity index is 656. The number of hydrogen-bond donors (Lipinski definition) is 0. The summed E-state index contributed by atoms with van der Waals surface area (Å²) in [6, 6.07) is 16.5. The van der Waals surface area contributed by atoms with Crippen LogP contribution in [0.5, 0.6) is 0 Å². The summed E-state index contributed by atoms with van der Waals surface area (Å²) in [7, 11) is 0. The molecule has 1 heteroatoms. The maximum atomic E-state index is 12.8. The molecule has 2 aliphatic rings. The Morgan fingerprint density at radius 1 is 0.889 bits per heavy atom. The lowest BCUT2D eigenvalue weighted by Gasteiger charge is -2.22. The van der Waals surface area contributed by atoms with Gasteiger partial charge in [-0.1, -0.05) is 48.5 Å². The normalized spacial score (nSPS) is 24.3. The number of benzene rings is 2. The number of hydrogen-bond acceptors (Lipinski definition) is 1. The lowest BCUT2D eigenvalue weighted by atomic mass is 9.78. The molecular weight excluding hydrogens is 220 g/mol. The topological polar surface area (TPSA) is 17.1 Å². The first-order chi connectivity index (χ1) is 8.81. The first-order valence-corrected chi connectivity index (χ1v) is 6.52. The summed E-state index contributed by atoms with van der Waals surface area (Å²) in [6.45, 7) is 0. The summed E-state index contributed by atoms with van der Waals surface area (Å²) < 4.78 is 0. The van der Waals surface area contributed by atoms with Gasteiger partial charge in [-0.15, -0.1) is 0 Å². The molecule has 0 saturated carbocycles. The summed E-state index contributed by atoms with van der Waals surface area (Å²) >= 11 is 0. The van der Waals surface area contributed by atoms with Crippen LogP contribution in [0.3, 0.4) is 0 Å². The van der Waals surface area contributed by atoms with Crippen molar-refractivity contribution in [1.29, 1.82) is 0 Å². The molecule has 2 aromatic carbocycles. The van der Waals surface area contributed by atoms with Crippen molar-refractivity contribution in [2.45, 2.75) is 24.7 Å². The zero-order valence-corrected chi connectivity index (χ0v) is 10.1. The molecule has 0 heterocycles. The van der Waals surface area contributed by atoms with Crippen LogP contribution in [0.15, 0.2) is 48.5 Å². The van der Waals surface area contributed by atoms with Gasteiger partial charge < -0.3 is 0 Å². The van der Waals surface area contributed by atoms with Crippen LogP contribution in [0.1, 0.15) is 33.5 Å². The van der Waals surface area contributed by atoms with E-state index in [1.54, 1.807) is 0 Å². The lowest BCUT2D eigenvalue weighted by Crippen LogP contribution is -2.30. The van der Waals surface area contributed by atoms with E-state index in [1.807, 2.05) is 18.2 Å². The van der Waals surface area contributed by atoms with Crippen LogP contribution < -0.4 is 0 Å². The van der Waals surface area contributed by atoms with Crippen molar-refractivity contribution < 1.29 is 4.79 Å². The van der Waals surface area contributed by atoms with Gasteiger partial charge in [0, 0.05) is 5.56 Å². The first kappa shape index (κ1) is 10.1. The number of carbonyl (C=O) groups is 1. The zero-order chi connectivity index (χ0) is 12.2. The van der Waals surface area contributed by atoms with Crippen molar-refractivity contribution >= 4 is 5.78 Å². The van der Waals surface area contributed by atoms with E-state index in [0.717, 1.165) is 24.8 Å². The number of carbonyl (C=O) groups excluding carboxylic acids is 1. The molecule has 0 amide bonds. The molecule has 0 fully saturated rings. The molecule has 0 unspecified atom stereocenters. The molecule has 0 aromatic heterocycles. The predicted octanol–water partition coefficient (Wildman–Crippen LogP) is 3.31. The molecule has 0 N–H and O–H groups in total. The SMILES string of the molecule is O=C1c2ccccc2C[C@@]12CCc1ccccc12. The molecule has 0 saturated heterocycles. The Balaban J connectivity index is 1.93. The standard InChI is InChI=1S/C17H14O/c18-16-14-7-3-1-6-13(14)11-17(16)10-9-12-5-2-4-8-15(12)17/h1-8H,9-11H2/t17-/m1/s1. The highest BCUT2D eigenvalue weighted by Gasteiger charge is 2.49. The second-order valence-corrected chi connectivity index (χ2v) is 5.40. The van der Waals surface area contributed by atoms with Crippen molar-refractivity contribution in [3.8, 4) is 0 Å². The molecule has 2 aromatic rings. The molecule has 88 valence electrons. The molecule has 18 heavy (non-hydrogen) atoms. The van der Waals surface area contributed by atoms with Gasteiger partial charge in [-0.3, -0.25) is 4.79 Å². The fourth-order valence-electron chi connectivity index (χ4n) is 3.67. The Morgan fingerprint density at radius 3 is 2.44 bits per heavy atom. The van der Waals surface area contributed by atoms with Gasteiger partial charge in [0.15, 0.2) is 5.78 Å². The van der Waals surface area contributed by atoms with Gasteiger partial charge in [0.25, 0.3) is 0 Å². The maximum absolute atomic E-state index is 12.8. The van der Waals surface area contributed by atoms with Gasteiger partial charge >= 0.3 is 0 Å². The van der Waals surface area contributed by atoms with Crippen LogP contribution >= 0.6 is 0 Å². The molecule has 0 radical (unpaired) electrons. The molecular formula is C17H14O. The van der Waals surface area contributed by atoms with Crippen LogP contribution in [0.2, 0.25) is 0 Å². The molecule has 1 spiro atoms. The van der Waals surface area contributed by atoms with E-state index in [4.69, 9.17) is 0 Å². The first-order valence-electron chi connectivity index (χ1n) is 6.52. The molecule has 1 atom stereocenters. The van der Waals surface area contributed by atoms with Crippen molar-refractivity contribution in [3.63, 3.8) is 0 Å². The highest BCUT2D eigenvalue weighted by Crippen LogP contribution is 2.48. The van der Waals surface area contributed by atoms with Crippen molar-refractivity contribution in [1.82, 2.24) is 0 Å². The van der Waals surface area contributed by atoms with Gasteiger partial charge in [0.2, 0.25) is 0 Å². The minimum absolute atomic E-state index is 0.250. The Morgan fingerprint density at radius 2 is 1.61 bits per heavy atom. The van der Waals surface area contributed by atoms with Crippen LogP contribution in [-0.4, -0.2) is 5.78 Å². The Hall–Kier alpha value is -1.89. The van der Waals surface area contributed by atoms with Crippen LogP contribution in [0.4, 0.5) is 0 Å². The van der Waals surface area contributed by atoms with Gasteiger partial charge in [-0.25, -0.2) is 0 Å². The van der Waals surface area contributed by atoms with Crippen molar-refractivity contribution in [2.75, 3.05) is 0 Å². The minimum atomic E-state index is -0.250. The van der Waals surface area contributed by atoms with E-state index < -0.39 is 0 Å². The highest BCUT2D eigenvalue weighted by atomic mass is 16.1. The van der Waals surface area contributed by atoms with E-state index in [9.17, 15) is 4.79 Å². The van der Waals surface area contributed by atoms with Gasteiger partial charge in [-0.05, 0) is 36.0 Å². The highest BCUT2D eigenvalue weighted by molar-refractivity contribution is 6.09. The van der Waals surface area contributed by atoms with Gasteiger partial charge in [0.05, 0.1) is 5.41 Å². The third kappa shape index (κ3) is 1.09. The third-order valence-electron chi connectivity index (χ3n) is 4.54. The van der Waals surface area contributed by atoms with E-state index >= 15 is 0 Å². The summed E-state index contributed by atoms with van der Waals surface area (Å²) in [5.74, 6) is 0.336. The molecule has 0 aliphatic heterocycles. The summed E-state index contributed by atoms with van der Waals surface area (Å²) in [5, 5.41) is 0. The van der Waals surface area contributed by atoms with E-state index in [1.165, 1.54) is 16.7 Å². The van der Waals surface area contributed by atoms with Crippen LogP contribution in [-0.2, 0) is 18.3 Å². The summed E-state index contributed by atoms with van der Waals surface area (Å²) in [5.41, 5.74) is 4.54. The quantitative estimate of drug-likeness (QED) is 0.683. The van der Waals surface area contributed by atoms with E-state index in [2.05, 4.69) is 30.3 Å². The Kier molecular flexibility index (Phi) is 1.86. The second kappa shape index (κ2) is 3.32. The van der Waals surface area contributed by atoms with Crippen LogP contribution in [0.25, 0.3) is 0 Å². The minimum Gasteiger partial charge on any atom is -0.293 e. The van der Waals surface area contributed by atoms with Gasteiger partial charge in [0.1, 0.15) is 0 Å². The predicted molar refractivity (Wildman–Crippen MR) is 70.9 cm³/mol. The Labute approximate surface area is 106 Å². The average Bonchev–Trinajstić information content (AvgIpc) is 2.92. The van der Waals surface area contributed by atoms with Crippen molar-refractivity contribution in [3.05, 3.63) is 70.8 Å². The fourth-order valence-corrected chi connectivity index (χ4v) is 3.67. The largest absolute Gasteiger partial charge is 0.293 e.